The van der Waals surface area contributed by atoms with Crippen molar-refractivity contribution in [2.75, 3.05) is 11.3 Å². The molecule has 0 spiro atoms. The van der Waals surface area contributed by atoms with E-state index in [-0.39, 0.29) is 16.8 Å². The van der Waals surface area contributed by atoms with Crippen molar-refractivity contribution in [2.45, 2.75) is 38.1 Å². The minimum atomic E-state index is -3.71. The maximum atomic E-state index is 12.4. The first kappa shape index (κ1) is 19.8. The standard InChI is InChI=1S/C19H24N2O4S/c1-4-14(3)20-19(22)15-6-8-16(9-7-15)21-26(23,24)18-12-10-17(11-13-18)25-5-2/h6-14,21H,4-5H2,1-3H3,(H,20,22)/t14-/m0/s1. The number of rotatable bonds is 8. The van der Waals surface area contributed by atoms with Crippen LogP contribution in [0.25, 0.3) is 0 Å². The Balaban J connectivity index is 2.08. The quantitative estimate of drug-likeness (QED) is 0.739. The van der Waals surface area contributed by atoms with Gasteiger partial charge in [0.2, 0.25) is 0 Å². The number of amides is 1. The molecular weight excluding hydrogens is 352 g/mol. The molecule has 0 saturated heterocycles. The van der Waals surface area contributed by atoms with Gasteiger partial charge in [0.15, 0.2) is 0 Å². The van der Waals surface area contributed by atoms with E-state index in [9.17, 15) is 13.2 Å². The average Bonchev–Trinajstić information content (AvgIpc) is 2.62. The summed E-state index contributed by atoms with van der Waals surface area (Å²) in [5, 5.41) is 2.87. The molecule has 0 fully saturated rings. The number of hydrogen-bond donors (Lipinski definition) is 2. The molecule has 26 heavy (non-hydrogen) atoms. The first-order valence-electron chi connectivity index (χ1n) is 8.52. The predicted molar refractivity (Wildman–Crippen MR) is 102 cm³/mol. The molecule has 0 aliphatic rings. The summed E-state index contributed by atoms with van der Waals surface area (Å²) in [4.78, 5) is 12.2. The lowest BCUT2D eigenvalue weighted by molar-refractivity contribution is 0.0939. The zero-order valence-electron chi connectivity index (χ0n) is 15.2. The lowest BCUT2D eigenvalue weighted by Crippen LogP contribution is -2.31. The van der Waals surface area contributed by atoms with Crippen LogP contribution < -0.4 is 14.8 Å². The molecule has 0 bridgehead atoms. The van der Waals surface area contributed by atoms with E-state index in [1.54, 1.807) is 36.4 Å². The molecule has 1 amide bonds. The lowest BCUT2D eigenvalue weighted by atomic mass is 10.1. The summed E-state index contributed by atoms with van der Waals surface area (Å²) in [5.41, 5.74) is 0.869. The Kier molecular flexibility index (Phi) is 6.63. The van der Waals surface area contributed by atoms with Gasteiger partial charge in [0, 0.05) is 17.3 Å². The maximum Gasteiger partial charge on any atom is 0.261 e. The van der Waals surface area contributed by atoms with E-state index >= 15 is 0 Å². The van der Waals surface area contributed by atoms with Crippen molar-refractivity contribution in [1.29, 1.82) is 0 Å². The van der Waals surface area contributed by atoms with Crippen molar-refractivity contribution in [1.82, 2.24) is 5.32 Å². The van der Waals surface area contributed by atoms with Gasteiger partial charge in [-0.3, -0.25) is 9.52 Å². The smallest absolute Gasteiger partial charge is 0.261 e. The fourth-order valence-electron chi connectivity index (χ4n) is 2.19. The minimum absolute atomic E-state index is 0.0836. The van der Waals surface area contributed by atoms with Gasteiger partial charge in [-0.2, -0.15) is 0 Å². The number of hydrogen-bond acceptors (Lipinski definition) is 4. The van der Waals surface area contributed by atoms with E-state index in [2.05, 4.69) is 10.0 Å². The fourth-order valence-corrected chi connectivity index (χ4v) is 3.25. The van der Waals surface area contributed by atoms with Crippen LogP contribution in [0.15, 0.2) is 53.4 Å². The summed E-state index contributed by atoms with van der Waals surface area (Å²) in [6, 6.07) is 12.6. The van der Waals surface area contributed by atoms with Crippen LogP contribution in [-0.4, -0.2) is 27.0 Å². The Labute approximate surface area is 154 Å². The molecule has 2 aromatic rings. The molecule has 0 aliphatic heterocycles. The van der Waals surface area contributed by atoms with Gasteiger partial charge in [-0.1, -0.05) is 6.92 Å². The summed E-state index contributed by atoms with van der Waals surface area (Å²) in [5.74, 6) is 0.434. The molecule has 2 aromatic carbocycles. The van der Waals surface area contributed by atoms with Crippen LogP contribution >= 0.6 is 0 Å². The van der Waals surface area contributed by atoms with Gasteiger partial charge in [0.25, 0.3) is 15.9 Å². The van der Waals surface area contributed by atoms with E-state index < -0.39 is 10.0 Å². The molecule has 0 aromatic heterocycles. The van der Waals surface area contributed by atoms with Crippen LogP contribution in [0.5, 0.6) is 5.75 Å². The summed E-state index contributed by atoms with van der Waals surface area (Å²) >= 11 is 0. The lowest BCUT2D eigenvalue weighted by Gasteiger charge is -2.12. The van der Waals surface area contributed by atoms with Crippen molar-refractivity contribution < 1.29 is 17.9 Å². The van der Waals surface area contributed by atoms with E-state index in [1.807, 2.05) is 20.8 Å². The first-order valence-corrected chi connectivity index (χ1v) is 10.0. The molecule has 6 nitrogen and oxygen atoms in total. The zero-order valence-corrected chi connectivity index (χ0v) is 16.0. The first-order chi connectivity index (χ1) is 12.4. The number of ether oxygens (including phenoxy) is 1. The largest absolute Gasteiger partial charge is 0.494 e. The van der Waals surface area contributed by atoms with Gasteiger partial charge >= 0.3 is 0 Å². The highest BCUT2D eigenvalue weighted by molar-refractivity contribution is 7.92. The van der Waals surface area contributed by atoms with Gasteiger partial charge in [0.05, 0.1) is 11.5 Å². The second-order valence-electron chi connectivity index (χ2n) is 5.87. The van der Waals surface area contributed by atoms with Crippen LogP contribution in [0.3, 0.4) is 0 Å². The second kappa shape index (κ2) is 8.71. The van der Waals surface area contributed by atoms with Crippen molar-refractivity contribution in [3.63, 3.8) is 0 Å². The number of carbonyl (C=O) groups is 1. The highest BCUT2D eigenvalue weighted by Gasteiger charge is 2.15. The summed E-state index contributed by atoms with van der Waals surface area (Å²) in [6.07, 6.45) is 0.839. The summed E-state index contributed by atoms with van der Waals surface area (Å²) in [6.45, 7) is 6.29. The van der Waals surface area contributed by atoms with Crippen molar-refractivity contribution in [3.8, 4) is 5.75 Å². The van der Waals surface area contributed by atoms with Crippen LogP contribution in [0, 0.1) is 0 Å². The molecule has 0 unspecified atom stereocenters. The molecule has 2 rings (SSSR count). The van der Waals surface area contributed by atoms with E-state index in [1.165, 1.54) is 12.1 Å². The molecule has 1 atom stereocenters. The Bertz CT molecular complexity index is 831. The van der Waals surface area contributed by atoms with Crippen LogP contribution in [0.4, 0.5) is 5.69 Å². The van der Waals surface area contributed by atoms with Gasteiger partial charge in [-0.05, 0) is 68.8 Å². The normalized spacial score (nSPS) is 12.3. The summed E-state index contributed by atoms with van der Waals surface area (Å²) < 4.78 is 32.7. The number of sulfonamides is 1. The van der Waals surface area contributed by atoms with E-state index in [0.717, 1.165) is 6.42 Å². The molecular formula is C19H24N2O4S. The monoisotopic (exact) mass is 376 g/mol. The molecule has 0 heterocycles. The number of benzene rings is 2. The molecule has 0 radical (unpaired) electrons. The van der Waals surface area contributed by atoms with Crippen LogP contribution in [-0.2, 0) is 10.0 Å². The van der Waals surface area contributed by atoms with Crippen molar-refractivity contribution >= 4 is 21.6 Å². The van der Waals surface area contributed by atoms with Crippen molar-refractivity contribution in [3.05, 3.63) is 54.1 Å². The number of nitrogens with one attached hydrogen (secondary N) is 2. The molecule has 0 saturated carbocycles. The van der Waals surface area contributed by atoms with Gasteiger partial charge in [-0.25, -0.2) is 8.42 Å². The number of anilines is 1. The highest BCUT2D eigenvalue weighted by Crippen LogP contribution is 2.19. The Morgan fingerprint density at radius 1 is 1.04 bits per heavy atom. The number of carbonyl (C=O) groups excluding carboxylic acids is 1. The Hall–Kier alpha value is -2.54. The average molecular weight is 376 g/mol. The SMILES string of the molecule is CCOc1ccc(S(=O)(=O)Nc2ccc(C(=O)N[C@@H](C)CC)cc2)cc1. The zero-order chi connectivity index (χ0) is 19.2. The minimum Gasteiger partial charge on any atom is -0.494 e. The van der Waals surface area contributed by atoms with Crippen LogP contribution in [0.2, 0.25) is 0 Å². The Morgan fingerprint density at radius 2 is 1.65 bits per heavy atom. The molecule has 140 valence electrons. The third-order valence-electron chi connectivity index (χ3n) is 3.83. The van der Waals surface area contributed by atoms with E-state index in [4.69, 9.17) is 4.74 Å². The fraction of sp³-hybridized carbons (Fsp3) is 0.316. The molecule has 0 aliphatic carbocycles. The van der Waals surface area contributed by atoms with Crippen LogP contribution in [0.1, 0.15) is 37.6 Å². The molecule has 2 N–H and O–H groups in total. The maximum absolute atomic E-state index is 12.4. The predicted octanol–water partition coefficient (Wildman–Crippen LogP) is 3.41. The van der Waals surface area contributed by atoms with Crippen molar-refractivity contribution in [2.24, 2.45) is 0 Å². The molecule has 7 heteroatoms. The topological polar surface area (TPSA) is 84.5 Å². The Morgan fingerprint density at radius 3 is 2.19 bits per heavy atom. The van der Waals surface area contributed by atoms with Gasteiger partial charge in [0.1, 0.15) is 5.75 Å². The second-order valence-corrected chi connectivity index (χ2v) is 7.55. The third-order valence-corrected chi connectivity index (χ3v) is 5.23. The summed E-state index contributed by atoms with van der Waals surface area (Å²) in [7, 11) is -3.71. The van der Waals surface area contributed by atoms with Gasteiger partial charge in [-0.15, -0.1) is 0 Å². The van der Waals surface area contributed by atoms with E-state index in [0.29, 0.717) is 23.6 Å². The van der Waals surface area contributed by atoms with Gasteiger partial charge < -0.3 is 10.1 Å². The third kappa shape index (κ3) is 5.23. The highest BCUT2D eigenvalue weighted by atomic mass is 32.2.